The summed E-state index contributed by atoms with van der Waals surface area (Å²) in [5.41, 5.74) is 1.39. The molecule has 1 atom stereocenters. The van der Waals surface area contributed by atoms with Crippen LogP contribution in [-0.2, 0) is 16.0 Å². The molecule has 0 bridgehead atoms. The summed E-state index contributed by atoms with van der Waals surface area (Å²) in [6, 6.07) is 7.61. The van der Waals surface area contributed by atoms with Gasteiger partial charge in [-0.25, -0.2) is 4.99 Å². The molecule has 0 spiro atoms. The normalized spacial score (nSPS) is 16.5. The molecule has 31 heavy (non-hydrogen) atoms. The van der Waals surface area contributed by atoms with Gasteiger partial charge in [0, 0.05) is 43.3 Å². The monoisotopic (exact) mass is 546 g/mol. The number of aliphatic imine (C=N–C) groups is 1. The number of benzene rings is 1. The average molecular weight is 546 g/mol. The van der Waals surface area contributed by atoms with Crippen molar-refractivity contribution in [3.05, 3.63) is 35.4 Å². The maximum absolute atomic E-state index is 12.4. The minimum Gasteiger partial charge on any atom is -0.381 e. The Morgan fingerprint density at radius 3 is 2.77 bits per heavy atom. The number of carbonyl (C=O) groups excluding carboxylic acids is 1. The summed E-state index contributed by atoms with van der Waals surface area (Å²) in [5, 5.41) is 9.59. The Morgan fingerprint density at radius 2 is 2.10 bits per heavy atom. The first-order chi connectivity index (χ1) is 14.4. The second kappa shape index (κ2) is 14.6. The van der Waals surface area contributed by atoms with Gasteiger partial charge < -0.3 is 25.4 Å². The zero-order valence-electron chi connectivity index (χ0n) is 19.3. The highest BCUT2D eigenvalue weighted by atomic mass is 127. The third-order valence-corrected chi connectivity index (χ3v) is 4.58. The zero-order chi connectivity index (χ0) is 21.8. The quantitative estimate of drug-likeness (QED) is 0.182. The molecular weight excluding hydrogens is 507 g/mol. The van der Waals surface area contributed by atoms with E-state index in [9.17, 15) is 4.79 Å². The lowest BCUT2D eigenvalue weighted by molar-refractivity contribution is 0.0887. The molecular formula is C23H39IN4O3. The molecule has 0 saturated carbocycles. The molecule has 2 rings (SSSR count). The fourth-order valence-electron chi connectivity index (χ4n) is 3.08. The fraction of sp³-hybridized carbons (Fsp3) is 0.652. The standard InChI is InChI=1S/C23H38N4O3.HI/c1-5-24-22(25-11-7-12-29-16-19-10-13-30-17-19)26-15-18-8-6-9-20(14-18)21(28)27-23(2,3)4;/h6,8-9,14,19H,5,7,10-13,15-17H2,1-4H3,(H,27,28)(H2,24,25,26);1H. The van der Waals surface area contributed by atoms with Gasteiger partial charge in [0.2, 0.25) is 0 Å². The van der Waals surface area contributed by atoms with Crippen molar-refractivity contribution in [1.82, 2.24) is 16.0 Å². The minimum absolute atomic E-state index is 0. The summed E-state index contributed by atoms with van der Waals surface area (Å²) >= 11 is 0. The van der Waals surface area contributed by atoms with Crippen molar-refractivity contribution in [2.45, 2.75) is 52.6 Å². The van der Waals surface area contributed by atoms with Crippen molar-refractivity contribution in [1.29, 1.82) is 0 Å². The van der Waals surface area contributed by atoms with E-state index < -0.39 is 0 Å². The molecule has 1 heterocycles. The van der Waals surface area contributed by atoms with Gasteiger partial charge in [0.15, 0.2) is 5.96 Å². The molecule has 1 aromatic carbocycles. The minimum atomic E-state index is -0.262. The molecule has 7 nitrogen and oxygen atoms in total. The summed E-state index contributed by atoms with van der Waals surface area (Å²) in [6.45, 7) is 13.3. The lowest BCUT2D eigenvalue weighted by Crippen LogP contribution is -2.40. The number of nitrogens with zero attached hydrogens (tertiary/aromatic N) is 1. The Kier molecular flexibility index (Phi) is 13.0. The Morgan fingerprint density at radius 1 is 1.29 bits per heavy atom. The van der Waals surface area contributed by atoms with Gasteiger partial charge in [0.1, 0.15) is 0 Å². The lowest BCUT2D eigenvalue weighted by atomic mass is 10.1. The number of halogens is 1. The van der Waals surface area contributed by atoms with E-state index in [-0.39, 0.29) is 35.4 Å². The van der Waals surface area contributed by atoms with Crippen LogP contribution in [0.3, 0.4) is 0 Å². The van der Waals surface area contributed by atoms with Crippen LogP contribution >= 0.6 is 24.0 Å². The van der Waals surface area contributed by atoms with Crippen molar-refractivity contribution in [2.24, 2.45) is 10.9 Å². The molecule has 176 valence electrons. The molecule has 0 radical (unpaired) electrons. The van der Waals surface area contributed by atoms with Crippen molar-refractivity contribution >= 4 is 35.8 Å². The van der Waals surface area contributed by atoms with E-state index in [1.807, 2.05) is 52.0 Å². The maximum Gasteiger partial charge on any atom is 0.251 e. The molecule has 1 aromatic rings. The van der Waals surface area contributed by atoms with Gasteiger partial charge in [-0.2, -0.15) is 0 Å². The molecule has 1 aliphatic heterocycles. The van der Waals surface area contributed by atoms with Crippen molar-refractivity contribution in [3.8, 4) is 0 Å². The second-order valence-corrected chi connectivity index (χ2v) is 8.68. The molecule has 3 N–H and O–H groups in total. The van der Waals surface area contributed by atoms with Gasteiger partial charge in [-0.1, -0.05) is 12.1 Å². The van der Waals surface area contributed by atoms with Crippen LogP contribution in [-0.4, -0.2) is 56.9 Å². The van der Waals surface area contributed by atoms with E-state index in [1.165, 1.54) is 0 Å². The third-order valence-electron chi connectivity index (χ3n) is 4.58. The molecule has 1 aliphatic rings. The van der Waals surface area contributed by atoms with Crippen LogP contribution in [0.2, 0.25) is 0 Å². The van der Waals surface area contributed by atoms with Gasteiger partial charge in [0.05, 0.1) is 19.8 Å². The first-order valence-electron chi connectivity index (χ1n) is 11.0. The summed E-state index contributed by atoms with van der Waals surface area (Å²) in [5.74, 6) is 1.26. The van der Waals surface area contributed by atoms with Crippen LogP contribution in [0.15, 0.2) is 29.3 Å². The lowest BCUT2D eigenvalue weighted by Gasteiger charge is -2.20. The van der Waals surface area contributed by atoms with Crippen LogP contribution in [0.25, 0.3) is 0 Å². The molecule has 1 saturated heterocycles. The number of hydrogen-bond acceptors (Lipinski definition) is 4. The van der Waals surface area contributed by atoms with Gasteiger partial charge >= 0.3 is 0 Å². The van der Waals surface area contributed by atoms with Crippen molar-refractivity contribution < 1.29 is 14.3 Å². The predicted octanol–water partition coefficient (Wildman–Crippen LogP) is 3.33. The number of hydrogen-bond donors (Lipinski definition) is 3. The molecule has 0 aliphatic carbocycles. The first kappa shape index (κ1) is 27.6. The molecule has 8 heteroatoms. The van der Waals surface area contributed by atoms with Gasteiger partial charge in [-0.05, 0) is 58.2 Å². The number of guanidine groups is 1. The maximum atomic E-state index is 12.4. The second-order valence-electron chi connectivity index (χ2n) is 8.68. The highest BCUT2D eigenvalue weighted by Crippen LogP contribution is 2.12. The van der Waals surface area contributed by atoms with Crippen LogP contribution < -0.4 is 16.0 Å². The van der Waals surface area contributed by atoms with Gasteiger partial charge in [0.25, 0.3) is 5.91 Å². The first-order valence-corrected chi connectivity index (χ1v) is 11.0. The predicted molar refractivity (Wildman–Crippen MR) is 136 cm³/mol. The van der Waals surface area contributed by atoms with Crippen LogP contribution in [0, 0.1) is 5.92 Å². The van der Waals surface area contributed by atoms with E-state index in [1.54, 1.807) is 0 Å². The number of amides is 1. The number of rotatable bonds is 10. The number of ether oxygens (including phenoxy) is 2. The van der Waals surface area contributed by atoms with Crippen LogP contribution in [0.4, 0.5) is 0 Å². The number of nitrogens with one attached hydrogen (secondary N) is 3. The van der Waals surface area contributed by atoms with Crippen molar-refractivity contribution in [2.75, 3.05) is 39.5 Å². The van der Waals surface area contributed by atoms with Crippen LogP contribution in [0.5, 0.6) is 0 Å². The summed E-state index contributed by atoms with van der Waals surface area (Å²) < 4.78 is 11.1. The SMILES string of the molecule is CCNC(=NCc1cccc(C(=O)NC(C)(C)C)c1)NCCCOCC1CCOC1.I. The number of carbonyl (C=O) groups is 1. The van der Waals surface area contributed by atoms with E-state index in [0.717, 1.165) is 63.9 Å². The Bertz CT molecular complexity index is 686. The van der Waals surface area contributed by atoms with E-state index >= 15 is 0 Å². The molecule has 1 unspecified atom stereocenters. The average Bonchev–Trinajstić information content (AvgIpc) is 3.21. The molecule has 1 amide bonds. The Hall–Kier alpha value is -1.39. The summed E-state index contributed by atoms with van der Waals surface area (Å²) in [6.07, 6.45) is 2.02. The van der Waals surface area contributed by atoms with Crippen LogP contribution in [0.1, 0.15) is 56.5 Å². The highest BCUT2D eigenvalue weighted by Gasteiger charge is 2.16. The Labute approximate surface area is 204 Å². The smallest absolute Gasteiger partial charge is 0.251 e. The van der Waals surface area contributed by atoms with E-state index in [0.29, 0.717) is 18.0 Å². The summed E-state index contributed by atoms with van der Waals surface area (Å²) in [4.78, 5) is 17.0. The zero-order valence-corrected chi connectivity index (χ0v) is 21.7. The van der Waals surface area contributed by atoms with Crippen molar-refractivity contribution in [3.63, 3.8) is 0 Å². The summed E-state index contributed by atoms with van der Waals surface area (Å²) in [7, 11) is 0. The molecule has 0 aromatic heterocycles. The Balaban J connectivity index is 0.00000480. The van der Waals surface area contributed by atoms with Gasteiger partial charge in [-0.15, -0.1) is 24.0 Å². The van der Waals surface area contributed by atoms with E-state index in [2.05, 4.69) is 20.9 Å². The fourth-order valence-corrected chi connectivity index (χ4v) is 3.08. The highest BCUT2D eigenvalue weighted by molar-refractivity contribution is 14.0. The topological polar surface area (TPSA) is 84.0 Å². The third kappa shape index (κ3) is 11.7. The van der Waals surface area contributed by atoms with Gasteiger partial charge in [-0.3, -0.25) is 4.79 Å². The van der Waals surface area contributed by atoms with E-state index in [4.69, 9.17) is 9.47 Å². The molecule has 1 fully saturated rings. The largest absolute Gasteiger partial charge is 0.381 e.